The number of carbonyl (C=O) groups excluding carboxylic acids is 16. The van der Waals surface area contributed by atoms with Crippen molar-refractivity contribution in [1.29, 1.82) is 0 Å². The molecule has 0 saturated carbocycles. The number of hydrogen-bond acceptors (Lipinski definition) is 24. The van der Waals surface area contributed by atoms with Crippen LogP contribution in [0.2, 0.25) is 0 Å². The number of nitrogen functional groups attached to an aromatic ring is 1. The number of amides is 14. The molecule has 2 heterocycles. The molecule has 1 fully saturated rings. The van der Waals surface area contributed by atoms with Crippen molar-refractivity contribution in [2.24, 2.45) is 17.4 Å². The van der Waals surface area contributed by atoms with E-state index in [1.54, 1.807) is 30.5 Å². The number of allylic oxidation sites excluding steroid dienone is 2. The molecule has 43 heteroatoms. The van der Waals surface area contributed by atoms with E-state index in [9.17, 15) is 121 Å². The number of ether oxygens (including phenoxy) is 1. The van der Waals surface area contributed by atoms with Crippen LogP contribution in [0.25, 0.3) is 10.9 Å². The fourth-order valence-electron chi connectivity index (χ4n) is 11.6. The Morgan fingerprint density at radius 3 is 1.74 bits per heavy atom. The molecule has 0 radical (unpaired) electrons. The van der Waals surface area contributed by atoms with E-state index in [1.165, 1.54) is 24.3 Å². The van der Waals surface area contributed by atoms with Gasteiger partial charge < -0.3 is 122 Å². The van der Waals surface area contributed by atoms with E-state index in [0.717, 1.165) is 40.0 Å². The maximum atomic E-state index is 14.8. The van der Waals surface area contributed by atoms with E-state index in [4.69, 9.17) is 21.9 Å². The van der Waals surface area contributed by atoms with Crippen LogP contribution >= 0.6 is 0 Å². The van der Waals surface area contributed by atoms with Crippen molar-refractivity contribution in [3.8, 4) is 0 Å². The largest absolute Gasteiger partial charge is 0.481 e. The Labute approximate surface area is 656 Å². The number of cyclic esters (lactones) is 1. The minimum atomic E-state index is -2.45. The van der Waals surface area contributed by atoms with Crippen molar-refractivity contribution >= 4 is 135 Å². The number of para-hydroxylation sites is 2. The maximum Gasteiger partial charge on any atom is 0.329 e. The van der Waals surface area contributed by atoms with Crippen molar-refractivity contribution in [3.05, 3.63) is 78.0 Å². The van der Waals surface area contributed by atoms with Crippen LogP contribution in [0.4, 0.5) is 5.69 Å². The SMILES string of the molecule is C/C=C/CCCCCCC(=O)N[C@@H](Cc1c[nH]c2ccccc12)C(=O)N[C@H](CC(N)=O)C(=O)N[C@@H](CC(=O)O)C(=O)N[C@@H]1C(=O)NCC(=O)N[C@@H](CCCN)C(=O)N[C@@H](CC(=O)O)C(=O)N[C@H](C)C(=O)N[C@@H](CC(=O)O)C(=O)NCC(=O)N[C@H](CO)C(=O)N[C@@H]([C@@H](C)CC(=O)O)C(=O)N[C@@H](CC(=O)c2ccccc2N)C(=O)O[C@@H]1C. The number of carbonyl (C=O) groups is 20. The number of Topliss-reactive ketones (excluding diaryl/α,β-unsaturated/α-hetero) is 1. The summed E-state index contributed by atoms with van der Waals surface area (Å²) in [6.07, 6.45) is -0.909. The third-order valence-corrected chi connectivity index (χ3v) is 17.6. The number of nitrogens with one attached hydrogen (secondary N) is 14. The van der Waals surface area contributed by atoms with E-state index < -0.39 is 261 Å². The van der Waals surface area contributed by atoms with E-state index >= 15 is 0 Å². The topological polar surface area (TPSA) is 702 Å². The summed E-state index contributed by atoms with van der Waals surface area (Å²) < 4.78 is 5.68. The first kappa shape index (κ1) is 94.4. The number of aliphatic carboxylic acids is 4. The first-order valence-corrected chi connectivity index (χ1v) is 36.4. The molecule has 0 bridgehead atoms. The fourth-order valence-corrected chi connectivity index (χ4v) is 11.6. The van der Waals surface area contributed by atoms with Crippen LogP contribution in [-0.2, 0) is 102 Å². The third kappa shape index (κ3) is 32.3. The summed E-state index contributed by atoms with van der Waals surface area (Å²) in [7, 11) is 0. The molecule has 13 atom stereocenters. The van der Waals surface area contributed by atoms with Crippen LogP contribution < -0.4 is 86.3 Å². The van der Waals surface area contributed by atoms with E-state index in [2.05, 4.69) is 58.2 Å². The molecule has 3 aromatic rings. The molecule has 1 aromatic heterocycles. The number of carboxylic acid groups (broad SMARTS) is 4. The molecule has 628 valence electrons. The Hall–Kier alpha value is -13.0. The Morgan fingerprint density at radius 1 is 0.574 bits per heavy atom. The van der Waals surface area contributed by atoms with Crippen molar-refractivity contribution in [2.45, 2.75) is 197 Å². The number of H-pyrrole nitrogens is 1. The second-order valence-corrected chi connectivity index (χ2v) is 26.9. The number of aliphatic hydroxyl groups is 1. The number of aromatic amines is 1. The summed E-state index contributed by atoms with van der Waals surface area (Å²) in [6, 6.07) is -10.6. The predicted octanol–water partition coefficient (Wildman–Crippen LogP) is -5.85. The van der Waals surface area contributed by atoms with Gasteiger partial charge in [0.25, 0.3) is 0 Å². The zero-order valence-corrected chi connectivity index (χ0v) is 63.3. The van der Waals surface area contributed by atoms with Crippen molar-refractivity contribution < 1.29 is 126 Å². The Morgan fingerprint density at radius 2 is 1.13 bits per heavy atom. The first-order valence-electron chi connectivity index (χ1n) is 36.4. The van der Waals surface area contributed by atoms with Gasteiger partial charge in [0.05, 0.1) is 51.8 Å². The Balaban J connectivity index is 1.88. The number of rotatable bonds is 34. The summed E-state index contributed by atoms with van der Waals surface area (Å²) in [4.78, 5) is 276. The smallest absolute Gasteiger partial charge is 0.329 e. The zero-order valence-electron chi connectivity index (χ0n) is 63.3. The molecule has 2 aromatic carbocycles. The number of anilines is 1. The molecular weight excluding hydrogens is 1520 g/mol. The number of aromatic nitrogens is 1. The van der Waals surface area contributed by atoms with Gasteiger partial charge in [-0.2, -0.15) is 0 Å². The second-order valence-electron chi connectivity index (χ2n) is 26.9. The molecule has 4 rings (SSSR count). The first-order chi connectivity index (χ1) is 54.4. The fraction of sp³-hybridized carbons (Fsp3) is 0.500. The molecule has 14 amide bonds. The maximum absolute atomic E-state index is 14.8. The predicted molar refractivity (Wildman–Crippen MR) is 400 cm³/mol. The molecule has 115 heavy (non-hydrogen) atoms. The van der Waals surface area contributed by atoms with Crippen LogP contribution in [0.15, 0.2) is 66.9 Å². The molecular formula is C72H99N17O26. The number of benzene rings is 2. The Bertz CT molecular complexity index is 4090. The van der Waals surface area contributed by atoms with E-state index in [1.807, 2.05) is 35.0 Å². The zero-order chi connectivity index (χ0) is 85.8. The normalized spacial score (nSPS) is 21.3. The van der Waals surface area contributed by atoms with Crippen LogP contribution in [0.3, 0.4) is 0 Å². The highest BCUT2D eigenvalue weighted by Crippen LogP contribution is 2.21. The number of esters is 1. The van der Waals surface area contributed by atoms with Gasteiger partial charge in [0, 0.05) is 47.6 Å². The summed E-state index contributed by atoms with van der Waals surface area (Å²) >= 11 is 0. The average molecular weight is 1620 g/mol. The average Bonchev–Trinajstić information content (AvgIpc) is 1.72. The molecule has 1 aliphatic rings. The highest BCUT2D eigenvalue weighted by Gasteiger charge is 2.41. The summed E-state index contributed by atoms with van der Waals surface area (Å²) in [5.74, 6) is -29.8. The van der Waals surface area contributed by atoms with Gasteiger partial charge in [0.2, 0.25) is 82.7 Å². The van der Waals surface area contributed by atoms with Crippen molar-refractivity contribution in [3.63, 3.8) is 0 Å². The summed E-state index contributed by atoms with van der Waals surface area (Å²) in [6.45, 7) is 0.924. The van der Waals surface area contributed by atoms with Crippen molar-refractivity contribution in [1.82, 2.24) is 74.1 Å². The van der Waals surface area contributed by atoms with E-state index in [-0.39, 0.29) is 37.1 Å². The molecule has 0 unspecified atom stereocenters. The molecule has 25 N–H and O–H groups in total. The monoisotopic (exact) mass is 1620 g/mol. The molecule has 1 aliphatic heterocycles. The number of aliphatic hydroxyl groups excluding tert-OH is 1. The standard InChI is InChI=1S/C72H99N17O26/c1-5-6-7-8-9-10-11-22-53(93)81-44(25-38-31-76-42-20-15-13-17-39(38)42)66(108)84-45(27-52(75)92)67(109)86-48(30-59(102)103)68(110)89-61-37(4)115-72(114)49(26-51(91)40-18-12-14-19-41(40)74)87-71(113)60(35(2)24-56(96)97)88-69(111)50(34-90)82-55(95)32-77-63(105)46(28-57(98)99)83-62(104)36(3)79-65(107)47(29-58(100)101)85-64(106)43(21-16-23-73)80-54(94)33-78-70(61)112/h5-6,12-15,17-20,31,35-37,43-50,60-61,76,90H,7-11,16,21-30,32-34,73-74H2,1-4H3,(H2,75,92)(H,77,105)(H,78,112)(H,79,107)(H,80,94)(H,81,93)(H,82,95)(H,83,104)(H,84,108)(H,85,106)(H,86,109)(H,87,113)(H,88,111)(H,89,110)(H,96,97)(H,98,99)(H,100,101)(H,102,103)/b6-5+/t35-,36+,37+,43-,44-,45+,46-,47-,48-,49-,50+,60-,61-/m0/s1. The lowest BCUT2D eigenvalue weighted by Gasteiger charge is -2.30. The minimum Gasteiger partial charge on any atom is -0.481 e. The molecule has 0 aliphatic carbocycles. The Kier molecular flexibility index (Phi) is 38.9. The van der Waals surface area contributed by atoms with Crippen LogP contribution in [-0.4, -0.2) is 248 Å². The lowest BCUT2D eigenvalue weighted by atomic mass is 9.96. The number of primary amides is 1. The van der Waals surface area contributed by atoms with Gasteiger partial charge in [-0.05, 0) is 89.1 Å². The van der Waals surface area contributed by atoms with Gasteiger partial charge in [-0.15, -0.1) is 0 Å². The van der Waals surface area contributed by atoms with Gasteiger partial charge in [0.15, 0.2) is 5.78 Å². The number of unbranched alkanes of at least 4 members (excludes halogenated alkanes) is 4. The van der Waals surface area contributed by atoms with Gasteiger partial charge in [-0.3, -0.25) is 91.1 Å². The van der Waals surface area contributed by atoms with Gasteiger partial charge in [-0.1, -0.05) is 62.2 Å². The highest BCUT2D eigenvalue weighted by molar-refractivity contribution is 6.05. The van der Waals surface area contributed by atoms with Crippen molar-refractivity contribution in [2.75, 3.05) is 32.0 Å². The lowest BCUT2D eigenvalue weighted by molar-refractivity contribution is -0.156. The summed E-state index contributed by atoms with van der Waals surface area (Å²) in [5, 5.41) is 78.6. The highest BCUT2D eigenvalue weighted by atomic mass is 16.5. The van der Waals surface area contributed by atoms with Crippen LogP contribution in [0, 0.1) is 5.92 Å². The number of fused-ring (bicyclic) bond motifs is 1. The number of carboxylic acids is 4. The molecule has 43 nitrogen and oxygen atoms in total. The number of nitrogens with two attached hydrogens (primary N) is 3. The quantitative estimate of drug-likeness (QED) is 0.00870. The van der Waals surface area contributed by atoms with Gasteiger partial charge >= 0.3 is 29.8 Å². The number of ketones is 1. The molecule has 1 saturated heterocycles. The molecule has 0 spiro atoms. The number of hydrogen-bond donors (Lipinski definition) is 22. The summed E-state index contributed by atoms with van der Waals surface area (Å²) in [5.41, 5.74) is 18.1. The van der Waals surface area contributed by atoms with Crippen LogP contribution in [0.1, 0.15) is 134 Å². The minimum absolute atomic E-state index is 0.0366. The van der Waals surface area contributed by atoms with E-state index in [0.29, 0.717) is 29.3 Å². The lowest BCUT2D eigenvalue weighted by Crippen LogP contribution is -2.62. The second kappa shape index (κ2) is 47.4. The van der Waals surface area contributed by atoms with Crippen LogP contribution in [0.5, 0.6) is 0 Å². The third-order valence-electron chi connectivity index (χ3n) is 17.6. The van der Waals surface area contributed by atoms with Gasteiger partial charge in [0.1, 0.15) is 72.6 Å². The van der Waals surface area contributed by atoms with Gasteiger partial charge in [-0.25, -0.2) is 4.79 Å².